The van der Waals surface area contributed by atoms with Crippen LogP contribution in [0.5, 0.6) is 0 Å². The Kier molecular flexibility index (Phi) is 7.33. The monoisotopic (exact) mass is 396 g/mol. The van der Waals surface area contributed by atoms with Crippen molar-refractivity contribution in [2.45, 2.75) is 64.0 Å². The molecule has 0 saturated carbocycles. The Labute approximate surface area is 175 Å². The van der Waals surface area contributed by atoms with Crippen molar-refractivity contribution in [3.8, 4) is 0 Å². The third-order valence-electron chi connectivity index (χ3n) is 6.90. The molecule has 2 aliphatic heterocycles. The molecule has 2 fully saturated rings. The molecule has 1 aromatic heterocycles. The van der Waals surface area contributed by atoms with Gasteiger partial charge in [0.05, 0.1) is 5.92 Å². The second-order valence-electron chi connectivity index (χ2n) is 9.03. The van der Waals surface area contributed by atoms with Gasteiger partial charge >= 0.3 is 0 Å². The molecule has 0 spiro atoms. The molecule has 0 bridgehead atoms. The molecule has 5 nitrogen and oxygen atoms in total. The van der Waals surface area contributed by atoms with E-state index in [1.807, 2.05) is 18.5 Å². The zero-order valence-electron chi connectivity index (χ0n) is 17.7. The number of carbonyl (C=O) groups is 1. The Balaban J connectivity index is 1.21. The van der Waals surface area contributed by atoms with Crippen LogP contribution in [0.4, 0.5) is 0 Å². The SMILES string of the molecule is O=C(NCC1=CCCCC1)[C@H]1CCCN(C2CCN(Cc3cccnc3)CC2)C1. The van der Waals surface area contributed by atoms with Crippen molar-refractivity contribution in [3.63, 3.8) is 0 Å². The second kappa shape index (κ2) is 10.4. The molecule has 1 N–H and O–H groups in total. The molecule has 3 heterocycles. The molecule has 0 aromatic carbocycles. The van der Waals surface area contributed by atoms with Gasteiger partial charge in [-0.2, -0.15) is 0 Å². The summed E-state index contributed by atoms with van der Waals surface area (Å²) in [6, 6.07) is 4.82. The van der Waals surface area contributed by atoms with Crippen molar-refractivity contribution in [1.29, 1.82) is 0 Å². The molecule has 3 aliphatic rings. The first-order chi connectivity index (χ1) is 14.3. The normalized spacial score (nSPS) is 24.8. The smallest absolute Gasteiger partial charge is 0.224 e. The lowest BCUT2D eigenvalue weighted by Gasteiger charge is -2.42. The molecule has 2 saturated heterocycles. The Bertz CT molecular complexity index is 681. The first kappa shape index (κ1) is 20.5. The van der Waals surface area contributed by atoms with Gasteiger partial charge in [-0.1, -0.05) is 17.7 Å². The van der Waals surface area contributed by atoms with Crippen LogP contribution in [-0.4, -0.2) is 59.5 Å². The quantitative estimate of drug-likeness (QED) is 0.749. The van der Waals surface area contributed by atoms with Crippen LogP contribution in [0, 0.1) is 5.92 Å². The molecule has 29 heavy (non-hydrogen) atoms. The molecular weight excluding hydrogens is 360 g/mol. The third-order valence-corrected chi connectivity index (χ3v) is 6.90. The summed E-state index contributed by atoms with van der Waals surface area (Å²) in [5.74, 6) is 0.441. The Morgan fingerprint density at radius 2 is 2.03 bits per heavy atom. The Morgan fingerprint density at radius 1 is 1.14 bits per heavy atom. The lowest BCUT2D eigenvalue weighted by molar-refractivity contribution is -0.127. The summed E-state index contributed by atoms with van der Waals surface area (Å²) in [6.45, 7) is 6.14. The van der Waals surface area contributed by atoms with E-state index in [9.17, 15) is 4.79 Å². The van der Waals surface area contributed by atoms with Gasteiger partial charge in [-0.25, -0.2) is 0 Å². The molecule has 1 aliphatic carbocycles. The lowest BCUT2D eigenvalue weighted by Crippen LogP contribution is -2.50. The van der Waals surface area contributed by atoms with Gasteiger partial charge in [-0.15, -0.1) is 0 Å². The lowest BCUT2D eigenvalue weighted by atomic mass is 9.93. The fourth-order valence-corrected chi connectivity index (χ4v) is 5.15. The van der Waals surface area contributed by atoms with E-state index < -0.39 is 0 Å². The molecule has 158 valence electrons. The topological polar surface area (TPSA) is 48.5 Å². The van der Waals surface area contributed by atoms with Crippen LogP contribution in [0.2, 0.25) is 0 Å². The van der Waals surface area contributed by atoms with Crippen LogP contribution in [0.3, 0.4) is 0 Å². The van der Waals surface area contributed by atoms with E-state index in [2.05, 4.69) is 32.2 Å². The summed E-state index contributed by atoms with van der Waals surface area (Å²) in [5.41, 5.74) is 2.73. The highest BCUT2D eigenvalue weighted by atomic mass is 16.1. The van der Waals surface area contributed by atoms with E-state index in [1.165, 1.54) is 43.2 Å². The highest BCUT2D eigenvalue weighted by Crippen LogP contribution is 2.25. The maximum Gasteiger partial charge on any atom is 0.224 e. The van der Waals surface area contributed by atoms with Crippen LogP contribution in [0.15, 0.2) is 36.2 Å². The van der Waals surface area contributed by atoms with E-state index in [-0.39, 0.29) is 11.8 Å². The fourth-order valence-electron chi connectivity index (χ4n) is 5.15. The summed E-state index contributed by atoms with van der Waals surface area (Å²) < 4.78 is 0. The molecule has 1 aromatic rings. The van der Waals surface area contributed by atoms with E-state index in [1.54, 1.807) is 0 Å². The van der Waals surface area contributed by atoms with Crippen molar-refractivity contribution in [2.24, 2.45) is 5.92 Å². The van der Waals surface area contributed by atoms with Gasteiger partial charge in [-0.05, 0) is 82.6 Å². The number of carbonyl (C=O) groups excluding carboxylic acids is 1. The van der Waals surface area contributed by atoms with Crippen LogP contribution in [0.25, 0.3) is 0 Å². The van der Waals surface area contributed by atoms with Gasteiger partial charge in [0.1, 0.15) is 0 Å². The van der Waals surface area contributed by atoms with Gasteiger partial charge in [0.25, 0.3) is 0 Å². The highest BCUT2D eigenvalue weighted by Gasteiger charge is 2.31. The number of piperidine rings is 2. The zero-order valence-corrected chi connectivity index (χ0v) is 17.7. The van der Waals surface area contributed by atoms with Crippen molar-refractivity contribution in [1.82, 2.24) is 20.1 Å². The average Bonchev–Trinajstić information content (AvgIpc) is 2.79. The summed E-state index contributed by atoms with van der Waals surface area (Å²) in [4.78, 5) is 22.1. The Hall–Kier alpha value is -1.72. The number of allylic oxidation sites excluding steroid dienone is 1. The highest BCUT2D eigenvalue weighted by molar-refractivity contribution is 5.79. The van der Waals surface area contributed by atoms with Crippen LogP contribution in [-0.2, 0) is 11.3 Å². The summed E-state index contributed by atoms with van der Waals surface area (Å²) >= 11 is 0. The summed E-state index contributed by atoms with van der Waals surface area (Å²) in [7, 11) is 0. The number of nitrogens with zero attached hydrogens (tertiary/aromatic N) is 3. The van der Waals surface area contributed by atoms with Crippen molar-refractivity contribution < 1.29 is 4.79 Å². The van der Waals surface area contributed by atoms with Crippen LogP contribution >= 0.6 is 0 Å². The zero-order chi connectivity index (χ0) is 19.9. The molecule has 0 radical (unpaired) electrons. The van der Waals surface area contributed by atoms with Crippen molar-refractivity contribution in [3.05, 3.63) is 41.7 Å². The van der Waals surface area contributed by atoms with Crippen LogP contribution in [0.1, 0.15) is 56.9 Å². The van der Waals surface area contributed by atoms with E-state index in [0.29, 0.717) is 6.04 Å². The minimum Gasteiger partial charge on any atom is -0.352 e. The number of rotatable bonds is 6. The molecule has 5 heteroatoms. The van der Waals surface area contributed by atoms with Crippen molar-refractivity contribution >= 4 is 5.91 Å². The minimum absolute atomic E-state index is 0.168. The van der Waals surface area contributed by atoms with E-state index in [4.69, 9.17) is 0 Å². The fraction of sp³-hybridized carbons (Fsp3) is 0.667. The Morgan fingerprint density at radius 3 is 2.79 bits per heavy atom. The third kappa shape index (κ3) is 5.89. The number of aromatic nitrogens is 1. The first-order valence-corrected chi connectivity index (χ1v) is 11.6. The molecule has 1 atom stereocenters. The maximum absolute atomic E-state index is 12.7. The molecular formula is C24H36N4O. The van der Waals surface area contributed by atoms with Gasteiger partial charge in [0.15, 0.2) is 0 Å². The summed E-state index contributed by atoms with van der Waals surface area (Å²) in [5, 5.41) is 3.23. The molecule has 4 rings (SSSR count). The number of pyridine rings is 1. The number of nitrogens with one attached hydrogen (secondary N) is 1. The van der Waals surface area contributed by atoms with Gasteiger partial charge in [-0.3, -0.25) is 19.6 Å². The van der Waals surface area contributed by atoms with E-state index in [0.717, 1.165) is 58.5 Å². The van der Waals surface area contributed by atoms with Gasteiger partial charge in [0.2, 0.25) is 5.91 Å². The molecule has 0 unspecified atom stereocenters. The number of hydrogen-bond acceptors (Lipinski definition) is 4. The average molecular weight is 397 g/mol. The number of likely N-dealkylation sites (tertiary alicyclic amines) is 2. The van der Waals surface area contributed by atoms with Crippen molar-refractivity contribution in [2.75, 3.05) is 32.7 Å². The van der Waals surface area contributed by atoms with Crippen LogP contribution < -0.4 is 5.32 Å². The number of hydrogen-bond donors (Lipinski definition) is 1. The summed E-state index contributed by atoms with van der Waals surface area (Å²) in [6.07, 6.45) is 15.7. The van der Waals surface area contributed by atoms with Gasteiger partial charge < -0.3 is 5.32 Å². The number of amides is 1. The largest absolute Gasteiger partial charge is 0.352 e. The predicted molar refractivity (Wildman–Crippen MR) is 116 cm³/mol. The van der Waals surface area contributed by atoms with E-state index >= 15 is 0 Å². The maximum atomic E-state index is 12.7. The second-order valence-corrected chi connectivity index (χ2v) is 9.03. The minimum atomic E-state index is 0.168. The predicted octanol–water partition coefficient (Wildman–Crippen LogP) is 3.37. The first-order valence-electron chi connectivity index (χ1n) is 11.6. The van der Waals surface area contributed by atoms with Gasteiger partial charge in [0, 0.05) is 38.1 Å². The standard InChI is InChI=1S/C24H36N4O/c29-24(26-17-20-6-2-1-3-7-20)22-9-5-13-28(19-22)23-10-14-27(15-11-23)18-21-8-4-12-25-16-21/h4,6,8,12,16,22-23H,1-3,5,7,9-11,13-15,17-19H2,(H,26,29)/t22-/m0/s1. The molecule has 1 amide bonds.